The second-order valence-corrected chi connectivity index (χ2v) is 16.0. The number of hydrogen-bond donors (Lipinski definition) is 3. The molecule has 1 aromatic heterocycles. The molecule has 2 aromatic rings. The van der Waals surface area contributed by atoms with E-state index in [4.69, 9.17) is 14.9 Å². The Balaban J connectivity index is 2.05. The maximum atomic E-state index is 9.46. The van der Waals surface area contributed by atoms with Crippen LogP contribution in [0.2, 0.25) is 18.1 Å². The van der Waals surface area contributed by atoms with Gasteiger partial charge in [-0.1, -0.05) is 40.2 Å². The monoisotopic (exact) mass is 516 g/mol. The standard InChI is InChI=1S/C28H48N4O3Si/c1-9-11-23(14-15-33)31-26-25(21(3)30-27(29)32-26)19-22-12-13-24(18-20(22)2)34-16-10-17-35-36(7,8)28(4,5)6/h12-13,18,23,33H,9-11,14-17,19H2,1-8H3,(H3,29,30,31,32)/t23-/m0/s1. The summed E-state index contributed by atoms with van der Waals surface area (Å²) < 4.78 is 12.3. The summed E-state index contributed by atoms with van der Waals surface area (Å²) in [5.74, 6) is 1.89. The fraction of sp³-hybridized carbons (Fsp3) is 0.643. The molecule has 0 saturated carbocycles. The number of ether oxygens (including phenoxy) is 1. The van der Waals surface area contributed by atoms with E-state index in [2.05, 4.69) is 75.1 Å². The molecule has 1 atom stereocenters. The molecule has 1 heterocycles. The van der Waals surface area contributed by atoms with Crippen LogP contribution in [-0.2, 0) is 10.8 Å². The Bertz CT molecular complexity index is 970. The van der Waals surface area contributed by atoms with Gasteiger partial charge >= 0.3 is 0 Å². The van der Waals surface area contributed by atoms with E-state index in [1.165, 1.54) is 5.56 Å². The number of benzene rings is 1. The zero-order valence-corrected chi connectivity index (χ0v) is 24.7. The van der Waals surface area contributed by atoms with Crippen molar-refractivity contribution in [3.63, 3.8) is 0 Å². The Kier molecular flexibility index (Phi) is 11.2. The van der Waals surface area contributed by atoms with Crippen LogP contribution in [0.25, 0.3) is 0 Å². The fourth-order valence-electron chi connectivity index (χ4n) is 3.87. The topological polar surface area (TPSA) is 103 Å². The van der Waals surface area contributed by atoms with Crippen molar-refractivity contribution in [2.45, 2.75) is 97.8 Å². The molecule has 0 saturated heterocycles. The summed E-state index contributed by atoms with van der Waals surface area (Å²) in [6.07, 6.45) is 4.21. The fourth-order valence-corrected chi connectivity index (χ4v) is 4.96. The lowest BCUT2D eigenvalue weighted by molar-refractivity contribution is 0.233. The highest BCUT2D eigenvalue weighted by Gasteiger charge is 2.36. The van der Waals surface area contributed by atoms with Crippen molar-refractivity contribution in [1.82, 2.24) is 9.97 Å². The smallest absolute Gasteiger partial charge is 0.222 e. The Hall–Kier alpha value is -2.16. The van der Waals surface area contributed by atoms with Gasteiger partial charge in [-0.3, -0.25) is 0 Å². The van der Waals surface area contributed by atoms with Crippen LogP contribution in [0.4, 0.5) is 11.8 Å². The molecule has 0 unspecified atom stereocenters. The van der Waals surface area contributed by atoms with E-state index in [9.17, 15) is 5.11 Å². The number of nitrogen functional groups attached to an aromatic ring is 1. The minimum absolute atomic E-state index is 0.134. The molecule has 1 aromatic carbocycles. The number of rotatable bonds is 14. The summed E-state index contributed by atoms with van der Waals surface area (Å²) in [7, 11) is -1.71. The Morgan fingerprint density at radius 1 is 1.11 bits per heavy atom. The maximum Gasteiger partial charge on any atom is 0.222 e. The van der Waals surface area contributed by atoms with Gasteiger partial charge in [0.1, 0.15) is 11.6 Å². The molecule has 202 valence electrons. The van der Waals surface area contributed by atoms with Gasteiger partial charge < -0.3 is 25.3 Å². The van der Waals surface area contributed by atoms with Gasteiger partial charge in [0.05, 0.1) is 6.61 Å². The van der Waals surface area contributed by atoms with Crippen LogP contribution in [0.1, 0.15) is 75.8 Å². The highest BCUT2D eigenvalue weighted by Crippen LogP contribution is 2.36. The predicted octanol–water partition coefficient (Wildman–Crippen LogP) is 6.02. The molecule has 7 nitrogen and oxygen atoms in total. The lowest BCUT2D eigenvalue weighted by Crippen LogP contribution is -2.41. The quantitative estimate of drug-likeness (QED) is 0.208. The first-order chi connectivity index (χ1) is 16.9. The van der Waals surface area contributed by atoms with Crippen molar-refractivity contribution in [2.24, 2.45) is 0 Å². The number of anilines is 2. The van der Waals surface area contributed by atoms with Crippen LogP contribution in [0.3, 0.4) is 0 Å². The molecule has 8 heteroatoms. The summed E-state index contributed by atoms with van der Waals surface area (Å²) in [6, 6.07) is 6.39. The third-order valence-electron chi connectivity index (χ3n) is 7.19. The van der Waals surface area contributed by atoms with E-state index in [1.54, 1.807) is 0 Å². The molecule has 0 aliphatic rings. The largest absolute Gasteiger partial charge is 0.494 e. The van der Waals surface area contributed by atoms with E-state index >= 15 is 0 Å². The molecule has 36 heavy (non-hydrogen) atoms. The molecule has 0 spiro atoms. The third kappa shape index (κ3) is 8.75. The lowest BCUT2D eigenvalue weighted by atomic mass is 9.99. The van der Waals surface area contributed by atoms with Crippen LogP contribution in [0.15, 0.2) is 18.2 Å². The molecule has 0 amide bonds. The van der Waals surface area contributed by atoms with Crippen LogP contribution >= 0.6 is 0 Å². The molecule has 0 aliphatic heterocycles. The number of aromatic nitrogens is 2. The molecule has 0 radical (unpaired) electrons. The molecule has 4 N–H and O–H groups in total. The average Bonchev–Trinajstić information content (AvgIpc) is 2.76. The zero-order valence-electron chi connectivity index (χ0n) is 23.7. The van der Waals surface area contributed by atoms with Gasteiger partial charge in [0, 0.05) is 43.4 Å². The Labute approximate surface area is 219 Å². The third-order valence-corrected chi connectivity index (χ3v) is 11.7. The summed E-state index contributed by atoms with van der Waals surface area (Å²) in [5, 5.41) is 13.2. The SMILES string of the molecule is CCC[C@@H](CCO)Nc1nc(N)nc(C)c1Cc1ccc(OCCCO[Si](C)(C)C(C)(C)C)cc1C. The zero-order chi connectivity index (χ0) is 26.9. The summed E-state index contributed by atoms with van der Waals surface area (Å²) in [6.45, 7) is 19.1. The van der Waals surface area contributed by atoms with Gasteiger partial charge in [-0.2, -0.15) is 4.98 Å². The van der Waals surface area contributed by atoms with Crippen LogP contribution in [-0.4, -0.2) is 49.3 Å². The second kappa shape index (κ2) is 13.4. The number of aryl methyl sites for hydroxylation is 2. The minimum Gasteiger partial charge on any atom is -0.494 e. The first-order valence-corrected chi connectivity index (χ1v) is 16.2. The summed E-state index contributed by atoms with van der Waals surface area (Å²) in [4.78, 5) is 8.92. The minimum atomic E-state index is -1.71. The number of nitrogens with one attached hydrogen (secondary N) is 1. The number of nitrogens with two attached hydrogens (primary N) is 1. The molecular weight excluding hydrogens is 468 g/mol. The predicted molar refractivity (Wildman–Crippen MR) is 152 cm³/mol. The van der Waals surface area contributed by atoms with Gasteiger partial charge in [0.15, 0.2) is 8.32 Å². The molecule has 2 rings (SSSR count). The molecule has 0 fully saturated rings. The Morgan fingerprint density at radius 3 is 2.44 bits per heavy atom. The number of nitrogens with zero attached hydrogens (tertiary/aromatic N) is 2. The highest BCUT2D eigenvalue weighted by atomic mass is 28.4. The van der Waals surface area contributed by atoms with E-state index in [-0.39, 0.29) is 23.6 Å². The first kappa shape index (κ1) is 30.1. The molecule has 0 aliphatic carbocycles. The second-order valence-electron chi connectivity index (χ2n) is 11.2. The van der Waals surface area contributed by atoms with Crippen LogP contribution in [0.5, 0.6) is 5.75 Å². The number of aliphatic hydroxyl groups excluding tert-OH is 1. The van der Waals surface area contributed by atoms with Gasteiger partial charge in [-0.05, 0) is 68.1 Å². The normalized spacial score (nSPS) is 13.0. The molecule has 0 bridgehead atoms. The van der Waals surface area contributed by atoms with Crippen molar-refractivity contribution < 1.29 is 14.3 Å². The summed E-state index contributed by atoms with van der Waals surface area (Å²) >= 11 is 0. The van der Waals surface area contributed by atoms with Crippen molar-refractivity contribution in [2.75, 3.05) is 30.9 Å². The van der Waals surface area contributed by atoms with Gasteiger partial charge in [0.25, 0.3) is 0 Å². The van der Waals surface area contributed by atoms with Crippen LogP contribution < -0.4 is 15.8 Å². The lowest BCUT2D eigenvalue weighted by Gasteiger charge is -2.36. The maximum absolute atomic E-state index is 9.46. The van der Waals surface area contributed by atoms with Gasteiger partial charge in [-0.25, -0.2) is 4.98 Å². The van der Waals surface area contributed by atoms with E-state index in [0.29, 0.717) is 19.4 Å². The first-order valence-electron chi connectivity index (χ1n) is 13.2. The Morgan fingerprint density at radius 2 is 1.83 bits per heavy atom. The van der Waals surface area contributed by atoms with Crippen LogP contribution in [0, 0.1) is 13.8 Å². The van der Waals surface area contributed by atoms with E-state index in [0.717, 1.165) is 54.3 Å². The van der Waals surface area contributed by atoms with Gasteiger partial charge in [0.2, 0.25) is 5.95 Å². The van der Waals surface area contributed by atoms with Crippen molar-refractivity contribution in [3.05, 3.63) is 40.6 Å². The van der Waals surface area contributed by atoms with E-state index in [1.807, 2.05) is 13.0 Å². The van der Waals surface area contributed by atoms with Crippen molar-refractivity contribution in [1.29, 1.82) is 0 Å². The number of hydrogen-bond acceptors (Lipinski definition) is 7. The highest BCUT2D eigenvalue weighted by molar-refractivity contribution is 6.74. The number of aliphatic hydroxyl groups is 1. The molecular formula is C28H48N4O3Si. The van der Waals surface area contributed by atoms with Gasteiger partial charge in [-0.15, -0.1) is 0 Å². The van der Waals surface area contributed by atoms with Crippen molar-refractivity contribution >= 4 is 20.1 Å². The average molecular weight is 517 g/mol. The summed E-state index contributed by atoms with van der Waals surface area (Å²) in [5.41, 5.74) is 10.2. The van der Waals surface area contributed by atoms with E-state index < -0.39 is 8.32 Å². The van der Waals surface area contributed by atoms with Crippen molar-refractivity contribution in [3.8, 4) is 5.75 Å².